The molecular formula is C25H26N3O2+. The summed E-state index contributed by atoms with van der Waals surface area (Å²) in [6.07, 6.45) is 6.65. The van der Waals surface area contributed by atoms with Gasteiger partial charge in [0.05, 0.1) is 19.2 Å². The highest BCUT2D eigenvalue weighted by Gasteiger charge is 2.15. The Labute approximate surface area is 176 Å². The second-order valence-electron chi connectivity index (χ2n) is 7.76. The van der Waals surface area contributed by atoms with Gasteiger partial charge in [-0.05, 0) is 73.9 Å². The minimum absolute atomic E-state index is 0.109. The normalized spacial score (nSPS) is 11.0. The number of aryl methyl sites for hydroxylation is 4. The molecule has 0 unspecified atom stereocenters. The maximum Gasteiger partial charge on any atom is 0.303 e. The summed E-state index contributed by atoms with van der Waals surface area (Å²) >= 11 is 0. The van der Waals surface area contributed by atoms with E-state index in [-0.39, 0.29) is 6.42 Å². The number of benzene rings is 2. The minimum Gasteiger partial charge on any atom is -0.481 e. The van der Waals surface area contributed by atoms with E-state index < -0.39 is 5.97 Å². The van der Waals surface area contributed by atoms with Crippen LogP contribution in [0.2, 0.25) is 0 Å². The molecule has 2 aromatic carbocycles. The Kier molecular flexibility index (Phi) is 5.27. The van der Waals surface area contributed by atoms with E-state index in [4.69, 9.17) is 0 Å². The van der Waals surface area contributed by atoms with Crippen molar-refractivity contribution in [2.75, 3.05) is 0 Å². The molecule has 4 rings (SSSR count). The van der Waals surface area contributed by atoms with Gasteiger partial charge in [0.15, 0.2) is 0 Å². The van der Waals surface area contributed by atoms with Gasteiger partial charge in [0.25, 0.3) is 0 Å². The summed E-state index contributed by atoms with van der Waals surface area (Å²) in [6, 6.07) is 18.9. The molecule has 0 fully saturated rings. The quantitative estimate of drug-likeness (QED) is 0.488. The Bertz CT molecular complexity index is 1200. The summed E-state index contributed by atoms with van der Waals surface area (Å²) in [6.45, 7) is 4.18. The maximum absolute atomic E-state index is 11.2. The van der Waals surface area contributed by atoms with E-state index in [1.165, 1.54) is 11.1 Å². The molecule has 0 saturated carbocycles. The van der Waals surface area contributed by atoms with E-state index in [1.54, 1.807) is 0 Å². The van der Waals surface area contributed by atoms with Crippen LogP contribution in [0, 0.1) is 13.8 Å². The number of nitrogens with zero attached hydrogens (tertiary/aromatic N) is 3. The van der Waals surface area contributed by atoms with Crippen molar-refractivity contribution in [2.45, 2.75) is 26.7 Å². The first-order chi connectivity index (χ1) is 14.4. The highest BCUT2D eigenvalue weighted by Crippen LogP contribution is 2.30. The predicted molar refractivity (Wildman–Crippen MR) is 117 cm³/mol. The topological polar surface area (TPSA) is 51.0 Å². The van der Waals surface area contributed by atoms with E-state index in [0.717, 1.165) is 28.3 Å². The molecule has 5 nitrogen and oxygen atoms in total. The highest BCUT2D eigenvalue weighted by atomic mass is 16.4. The van der Waals surface area contributed by atoms with Crippen LogP contribution in [0.5, 0.6) is 0 Å². The van der Waals surface area contributed by atoms with Crippen LogP contribution in [0.15, 0.2) is 73.3 Å². The van der Waals surface area contributed by atoms with Crippen LogP contribution in [0.1, 0.15) is 23.2 Å². The third-order valence-electron chi connectivity index (χ3n) is 5.38. The first-order valence-corrected chi connectivity index (χ1v) is 10.1. The van der Waals surface area contributed by atoms with Gasteiger partial charge in [0, 0.05) is 11.4 Å². The molecule has 0 spiro atoms. The zero-order chi connectivity index (χ0) is 21.3. The van der Waals surface area contributed by atoms with E-state index in [0.29, 0.717) is 6.42 Å². The Morgan fingerprint density at radius 3 is 2.43 bits per heavy atom. The number of rotatable bonds is 6. The van der Waals surface area contributed by atoms with Gasteiger partial charge in [-0.25, -0.2) is 9.13 Å². The van der Waals surface area contributed by atoms with Crippen molar-refractivity contribution in [3.63, 3.8) is 0 Å². The Morgan fingerprint density at radius 1 is 1.03 bits per heavy atom. The van der Waals surface area contributed by atoms with Crippen molar-refractivity contribution >= 4 is 5.97 Å². The van der Waals surface area contributed by atoms with Crippen molar-refractivity contribution in [1.29, 1.82) is 0 Å². The lowest BCUT2D eigenvalue weighted by atomic mass is 10.1. The largest absolute Gasteiger partial charge is 0.481 e. The lowest BCUT2D eigenvalue weighted by Gasteiger charge is -2.17. The maximum atomic E-state index is 11.2. The first-order valence-electron chi connectivity index (χ1n) is 10.1. The zero-order valence-corrected chi connectivity index (χ0v) is 17.5. The van der Waals surface area contributed by atoms with Crippen molar-refractivity contribution in [1.82, 2.24) is 9.13 Å². The number of aliphatic carboxylic acids is 1. The van der Waals surface area contributed by atoms with Crippen LogP contribution in [0.4, 0.5) is 0 Å². The smallest absolute Gasteiger partial charge is 0.303 e. The van der Waals surface area contributed by atoms with Gasteiger partial charge in [0.1, 0.15) is 18.1 Å². The number of carboxylic acid groups (broad SMARTS) is 1. The van der Waals surface area contributed by atoms with Gasteiger partial charge < -0.3 is 9.67 Å². The second-order valence-corrected chi connectivity index (χ2v) is 7.76. The van der Waals surface area contributed by atoms with E-state index in [9.17, 15) is 9.90 Å². The Morgan fingerprint density at radius 2 is 1.80 bits per heavy atom. The van der Waals surface area contributed by atoms with E-state index in [1.807, 2.05) is 36.4 Å². The number of imidazole rings is 1. The lowest BCUT2D eigenvalue weighted by molar-refractivity contribution is -0.670. The molecule has 5 heteroatoms. The number of carbonyl (C=O) groups is 1. The molecule has 0 amide bonds. The molecule has 30 heavy (non-hydrogen) atoms. The Balaban J connectivity index is 1.78. The second kappa shape index (κ2) is 8.03. The monoisotopic (exact) mass is 400 g/mol. The molecule has 152 valence electrons. The van der Waals surface area contributed by atoms with Crippen LogP contribution in [-0.2, 0) is 18.3 Å². The minimum atomic E-state index is -0.783. The Hall–Kier alpha value is -3.60. The SMILES string of the molecule is Cc1ccc(-n2c(CCC(=O)O)ccc2-c2ccc(-n3cc[n+](C)c3)cc2)c(C)c1. The standard InChI is InChI=1S/C25H25N3O2/c1-18-4-11-23(19(2)16-18)28-22(10-13-25(29)30)9-12-24(28)20-5-7-21(8-6-20)27-15-14-26(3)17-27/h4-9,11-12,14-17H,10,13H2,1-3H3/p+1. The molecule has 1 N–H and O–H groups in total. The highest BCUT2D eigenvalue weighted by molar-refractivity contribution is 5.69. The van der Waals surface area contributed by atoms with Gasteiger partial charge in [-0.3, -0.25) is 4.79 Å². The molecule has 0 aliphatic heterocycles. The van der Waals surface area contributed by atoms with Crippen LogP contribution in [0.3, 0.4) is 0 Å². The number of hydrogen-bond donors (Lipinski definition) is 1. The molecule has 0 aliphatic carbocycles. The molecule has 0 radical (unpaired) electrons. The molecule has 4 aromatic rings. The van der Waals surface area contributed by atoms with Crippen molar-refractivity contribution in [3.8, 4) is 22.6 Å². The average molecular weight is 401 g/mol. The predicted octanol–water partition coefficient (Wildman–Crippen LogP) is 4.39. The van der Waals surface area contributed by atoms with Crippen molar-refractivity contribution in [2.24, 2.45) is 7.05 Å². The fourth-order valence-corrected chi connectivity index (χ4v) is 3.88. The lowest BCUT2D eigenvalue weighted by Crippen LogP contribution is -2.23. The third-order valence-corrected chi connectivity index (χ3v) is 5.38. The summed E-state index contributed by atoms with van der Waals surface area (Å²) in [4.78, 5) is 11.2. The fourth-order valence-electron chi connectivity index (χ4n) is 3.88. The fraction of sp³-hybridized carbons (Fsp3) is 0.200. The molecule has 0 saturated heterocycles. The summed E-state index contributed by atoms with van der Waals surface area (Å²) in [5.74, 6) is -0.783. The first kappa shape index (κ1) is 19.7. The molecule has 0 atom stereocenters. The summed E-state index contributed by atoms with van der Waals surface area (Å²) < 4.78 is 6.28. The van der Waals surface area contributed by atoms with Crippen LogP contribution in [-0.4, -0.2) is 20.2 Å². The third kappa shape index (κ3) is 3.92. The van der Waals surface area contributed by atoms with Gasteiger partial charge in [0.2, 0.25) is 6.33 Å². The van der Waals surface area contributed by atoms with E-state index >= 15 is 0 Å². The molecule has 0 aliphatic rings. The average Bonchev–Trinajstić information content (AvgIpc) is 3.33. The molecule has 0 bridgehead atoms. The van der Waals surface area contributed by atoms with Crippen LogP contribution in [0.25, 0.3) is 22.6 Å². The van der Waals surface area contributed by atoms with Crippen LogP contribution >= 0.6 is 0 Å². The van der Waals surface area contributed by atoms with E-state index in [2.05, 4.69) is 71.5 Å². The summed E-state index contributed by atoms with van der Waals surface area (Å²) in [5.41, 5.74) is 7.71. The number of aromatic nitrogens is 3. The van der Waals surface area contributed by atoms with Gasteiger partial charge in [-0.15, -0.1) is 0 Å². The molecular weight excluding hydrogens is 374 g/mol. The number of carboxylic acids is 1. The zero-order valence-electron chi connectivity index (χ0n) is 17.5. The molecule has 2 heterocycles. The van der Waals surface area contributed by atoms with Gasteiger partial charge in [-0.1, -0.05) is 17.7 Å². The molecule has 2 aromatic heterocycles. The van der Waals surface area contributed by atoms with Crippen molar-refractivity contribution < 1.29 is 14.5 Å². The summed E-state index contributed by atoms with van der Waals surface area (Å²) in [5, 5.41) is 9.18. The van der Waals surface area contributed by atoms with Gasteiger partial charge >= 0.3 is 5.97 Å². The number of hydrogen-bond acceptors (Lipinski definition) is 1. The van der Waals surface area contributed by atoms with Crippen LogP contribution < -0.4 is 4.57 Å². The summed E-state index contributed by atoms with van der Waals surface area (Å²) in [7, 11) is 2.00. The van der Waals surface area contributed by atoms with Gasteiger partial charge in [-0.2, -0.15) is 0 Å². The van der Waals surface area contributed by atoms with Crippen molar-refractivity contribution in [3.05, 3.63) is 90.1 Å².